The van der Waals surface area contributed by atoms with Crippen molar-refractivity contribution in [1.82, 2.24) is 10.2 Å². The van der Waals surface area contributed by atoms with Gasteiger partial charge in [0.2, 0.25) is 11.8 Å². The Labute approximate surface area is 148 Å². The zero-order valence-electron chi connectivity index (χ0n) is 12.4. The highest BCUT2D eigenvalue weighted by molar-refractivity contribution is 7.15. The Hall–Kier alpha value is -3.16. The molecule has 1 aliphatic rings. The second-order valence-electron chi connectivity index (χ2n) is 5.15. The van der Waals surface area contributed by atoms with Crippen LogP contribution in [0.5, 0.6) is 5.88 Å². The highest BCUT2D eigenvalue weighted by atomic mass is 32.1. The second-order valence-corrected chi connectivity index (χ2v) is 7.19. The third-order valence-electron chi connectivity index (χ3n) is 3.78. The standard InChI is InChI=1S/C15H9N5O3S2/c16-6-7-11(8-3-4-10(25-8)20(21)22)12-13(9-2-1-5-24-9)18-19-15(12)23-14(7)17/h1-5,11H,17H2,(H,18,19). The summed E-state index contributed by atoms with van der Waals surface area (Å²) in [7, 11) is 0. The van der Waals surface area contributed by atoms with Crippen molar-refractivity contribution in [3.63, 3.8) is 0 Å². The van der Waals surface area contributed by atoms with Crippen molar-refractivity contribution in [2.45, 2.75) is 5.92 Å². The fourth-order valence-electron chi connectivity index (χ4n) is 2.73. The Bertz CT molecular complexity index is 1040. The van der Waals surface area contributed by atoms with E-state index in [-0.39, 0.29) is 22.3 Å². The molecule has 3 aromatic heterocycles. The van der Waals surface area contributed by atoms with E-state index in [4.69, 9.17) is 10.5 Å². The molecule has 3 N–H and O–H groups in total. The molecular formula is C15H9N5O3S2. The van der Waals surface area contributed by atoms with E-state index in [9.17, 15) is 15.4 Å². The lowest BCUT2D eigenvalue weighted by Gasteiger charge is -2.22. The maximum atomic E-state index is 11.0. The van der Waals surface area contributed by atoms with Gasteiger partial charge in [0.05, 0.1) is 27.0 Å². The number of ether oxygens (including phenoxy) is 1. The lowest BCUT2D eigenvalue weighted by molar-refractivity contribution is -0.380. The van der Waals surface area contributed by atoms with Crippen molar-refractivity contribution in [2.24, 2.45) is 5.73 Å². The summed E-state index contributed by atoms with van der Waals surface area (Å²) in [5, 5.41) is 29.6. The van der Waals surface area contributed by atoms with Crippen LogP contribution in [0, 0.1) is 21.4 Å². The molecule has 0 saturated heterocycles. The van der Waals surface area contributed by atoms with Gasteiger partial charge in [-0.15, -0.1) is 16.4 Å². The minimum Gasteiger partial charge on any atom is -0.420 e. The highest BCUT2D eigenvalue weighted by Crippen LogP contribution is 2.48. The summed E-state index contributed by atoms with van der Waals surface area (Å²) in [5.41, 5.74) is 7.46. The van der Waals surface area contributed by atoms with Gasteiger partial charge in [-0.05, 0) is 17.5 Å². The molecule has 0 aromatic carbocycles. The average molecular weight is 371 g/mol. The van der Waals surface area contributed by atoms with E-state index < -0.39 is 10.8 Å². The maximum absolute atomic E-state index is 11.0. The molecule has 0 fully saturated rings. The van der Waals surface area contributed by atoms with Crippen LogP contribution in [0.4, 0.5) is 5.00 Å². The van der Waals surface area contributed by atoms with Crippen LogP contribution in [0.25, 0.3) is 10.6 Å². The zero-order valence-corrected chi connectivity index (χ0v) is 14.1. The number of nitrogens with one attached hydrogen (secondary N) is 1. The number of hydrogen-bond donors (Lipinski definition) is 2. The van der Waals surface area contributed by atoms with Gasteiger partial charge in [0, 0.05) is 10.9 Å². The summed E-state index contributed by atoms with van der Waals surface area (Å²) >= 11 is 2.52. The maximum Gasteiger partial charge on any atom is 0.324 e. The summed E-state index contributed by atoms with van der Waals surface area (Å²) in [4.78, 5) is 12.1. The fraction of sp³-hybridized carbons (Fsp3) is 0.0667. The summed E-state index contributed by atoms with van der Waals surface area (Å²) < 4.78 is 5.49. The largest absolute Gasteiger partial charge is 0.420 e. The van der Waals surface area contributed by atoms with E-state index >= 15 is 0 Å². The highest BCUT2D eigenvalue weighted by Gasteiger charge is 2.37. The predicted octanol–water partition coefficient (Wildman–Crippen LogP) is 3.33. The summed E-state index contributed by atoms with van der Waals surface area (Å²) in [6, 6.07) is 8.95. The molecule has 25 heavy (non-hydrogen) atoms. The van der Waals surface area contributed by atoms with Crippen LogP contribution >= 0.6 is 22.7 Å². The number of aromatic amines is 1. The van der Waals surface area contributed by atoms with E-state index in [1.807, 2.05) is 17.5 Å². The Morgan fingerprint density at radius 2 is 2.28 bits per heavy atom. The van der Waals surface area contributed by atoms with Gasteiger partial charge in [0.1, 0.15) is 11.6 Å². The van der Waals surface area contributed by atoms with Gasteiger partial charge in [-0.2, -0.15) is 5.26 Å². The van der Waals surface area contributed by atoms with Gasteiger partial charge >= 0.3 is 5.00 Å². The van der Waals surface area contributed by atoms with E-state index in [1.165, 1.54) is 17.4 Å². The Kier molecular flexibility index (Phi) is 3.52. The SMILES string of the molecule is N#CC1=C(N)Oc2n[nH]c(-c3cccs3)c2C1c1ccc([N+](=O)[O-])s1. The van der Waals surface area contributed by atoms with Crippen molar-refractivity contribution < 1.29 is 9.66 Å². The molecule has 8 nitrogen and oxygen atoms in total. The lowest BCUT2D eigenvalue weighted by atomic mass is 9.88. The van der Waals surface area contributed by atoms with E-state index in [0.717, 1.165) is 16.2 Å². The first-order chi connectivity index (χ1) is 12.1. The normalized spacial score (nSPS) is 16.2. The zero-order chi connectivity index (χ0) is 17.6. The van der Waals surface area contributed by atoms with Crippen LogP contribution < -0.4 is 10.5 Å². The molecule has 1 unspecified atom stereocenters. The second kappa shape index (κ2) is 5.73. The summed E-state index contributed by atoms with van der Waals surface area (Å²) in [6.45, 7) is 0. The molecule has 0 saturated carbocycles. The molecule has 3 aromatic rings. The number of rotatable bonds is 3. The number of thiophene rings is 2. The third kappa shape index (κ3) is 2.37. The van der Waals surface area contributed by atoms with Gasteiger partial charge in [-0.3, -0.25) is 15.2 Å². The number of hydrogen-bond acceptors (Lipinski definition) is 8. The number of aromatic nitrogens is 2. The van der Waals surface area contributed by atoms with Crippen molar-refractivity contribution in [1.29, 1.82) is 5.26 Å². The number of nitrogens with two attached hydrogens (primary N) is 1. The molecule has 0 bridgehead atoms. The first-order valence-corrected chi connectivity index (χ1v) is 8.73. The van der Waals surface area contributed by atoms with Crippen LogP contribution in [0.3, 0.4) is 0 Å². The Morgan fingerprint density at radius 1 is 1.44 bits per heavy atom. The fourth-order valence-corrected chi connectivity index (χ4v) is 4.41. The number of H-pyrrole nitrogens is 1. The van der Waals surface area contributed by atoms with E-state index in [2.05, 4.69) is 16.3 Å². The van der Waals surface area contributed by atoms with Gasteiger partial charge in [-0.25, -0.2) is 0 Å². The molecule has 0 amide bonds. The molecule has 0 spiro atoms. The smallest absolute Gasteiger partial charge is 0.324 e. The van der Waals surface area contributed by atoms with E-state index in [1.54, 1.807) is 6.07 Å². The molecule has 10 heteroatoms. The Balaban J connectivity index is 1.94. The first-order valence-electron chi connectivity index (χ1n) is 7.04. The number of nitrogens with zero attached hydrogens (tertiary/aromatic N) is 3. The molecule has 4 rings (SSSR count). The van der Waals surface area contributed by atoms with Crippen LogP contribution in [0.15, 0.2) is 41.1 Å². The van der Waals surface area contributed by atoms with Gasteiger partial charge in [-0.1, -0.05) is 17.4 Å². The number of nitro groups is 1. The molecular weight excluding hydrogens is 362 g/mol. The third-order valence-corrected chi connectivity index (χ3v) is 5.77. The van der Waals surface area contributed by atoms with Crippen LogP contribution in [0.2, 0.25) is 0 Å². The van der Waals surface area contributed by atoms with Crippen molar-refractivity contribution >= 4 is 27.7 Å². The average Bonchev–Trinajstić information content (AvgIpc) is 3.32. The number of allylic oxidation sites excluding steroid dienone is 1. The van der Waals surface area contributed by atoms with Crippen molar-refractivity contribution in [2.75, 3.05) is 0 Å². The van der Waals surface area contributed by atoms with Gasteiger partial charge < -0.3 is 10.5 Å². The van der Waals surface area contributed by atoms with Crippen molar-refractivity contribution in [3.8, 4) is 22.5 Å². The number of nitriles is 1. The molecule has 1 aliphatic heterocycles. The molecule has 0 aliphatic carbocycles. The minimum atomic E-state index is -0.566. The lowest BCUT2D eigenvalue weighted by Crippen LogP contribution is -2.20. The molecule has 1 atom stereocenters. The number of fused-ring (bicyclic) bond motifs is 1. The van der Waals surface area contributed by atoms with Gasteiger partial charge in [0.25, 0.3) is 0 Å². The molecule has 124 valence electrons. The van der Waals surface area contributed by atoms with Crippen LogP contribution in [-0.4, -0.2) is 15.1 Å². The molecule has 0 radical (unpaired) electrons. The van der Waals surface area contributed by atoms with Crippen LogP contribution in [-0.2, 0) is 0 Å². The van der Waals surface area contributed by atoms with Gasteiger partial charge in [0.15, 0.2) is 0 Å². The molecule has 4 heterocycles. The monoisotopic (exact) mass is 371 g/mol. The quantitative estimate of drug-likeness (QED) is 0.536. The van der Waals surface area contributed by atoms with E-state index in [0.29, 0.717) is 16.1 Å². The van der Waals surface area contributed by atoms with Crippen molar-refractivity contribution in [3.05, 3.63) is 61.7 Å². The first kappa shape index (κ1) is 15.4. The topological polar surface area (TPSA) is 131 Å². The van der Waals surface area contributed by atoms with Crippen LogP contribution in [0.1, 0.15) is 16.4 Å². The summed E-state index contributed by atoms with van der Waals surface area (Å²) in [5.74, 6) is -0.329. The predicted molar refractivity (Wildman–Crippen MR) is 92.2 cm³/mol. The minimum absolute atomic E-state index is 0.0000663. The summed E-state index contributed by atoms with van der Waals surface area (Å²) in [6.07, 6.45) is 0. The Morgan fingerprint density at radius 3 is 2.92 bits per heavy atom.